The minimum absolute atomic E-state index is 0.604. The van der Waals surface area contributed by atoms with Crippen molar-refractivity contribution in [2.24, 2.45) is 0 Å². The van der Waals surface area contributed by atoms with Gasteiger partial charge in [0, 0.05) is 6.92 Å². The van der Waals surface area contributed by atoms with E-state index in [4.69, 9.17) is 4.74 Å². The molecule has 0 aromatic heterocycles. The van der Waals surface area contributed by atoms with Crippen LogP contribution < -0.4 is 5.32 Å². The van der Waals surface area contributed by atoms with Crippen molar-refractivity contribution in [3.05, 3.63) is 0 Å². The molecule has 0 fully saturated rings. The molecule has 110 valence electrons. The molecule has 0 heterocycles. The Bertz CT molecular complexity index is 376. The highest BCUT2D eigenvalue weighted by atomic mass is 19.3. The number of methoxy groups -OCH3 is 1. The zero-order valence-electron chi connectivity index (χ0n) is 11.4. The number of alkyl carbamates (subject to hydrolysis) is 1. The lowest BCUT2D eigenvalue weighted by Crippen LogP contribution is -2.56. The van der Waals surface area contributed by atoms with Gasteiger partial charge in [-0.15, -0.1) is 0 Å². The van der Waals surface area contributed by atoms with Gasteiger partial charge in [0.25, 0.3) is 0 Å². The summed E-state index contributed by atoms with van der Waals surface area (Å²) in [4.78, 5) is 33.5. The zero-order valence-corrected chi connectivity index (χ0v) is 11.4. The third-order valence-corrected chi connectivity index (χ3v) is 1.93. The van der Waals surface area contributed by atoms with Crippen LogP contribution in [0, 0.1) is 0 Å². The second-order valence-electron chi connectivity index (χ2n) is 4.78. The fraction of sp³-hybridized carbons (Fsp3) is 0.727. The Labute approximate surface area is 109 Å². The van der Waals surface area contributed by atoms with Crippen molar-refractivity contribution in [3.63, 3.8) is 0 Å². The highest BCUT2D eigenvalue weighted by Crippen LogP contribution is 2.21. The number of carbonyl (C=O) groups is 3. The number of ketones is 1. The Hall–Kier alpha value is -1.73. The fourth-order valence-corrected chi connectivity index (χ4v) is 1.04. The van der Waals surface area contributed by atoms with E-state index in [-0.39, 0.29) is 0 Å². The summed E-state index contributed by atoms with van der Waals surface area (Å²) in [6.07, 6.45) is -1.25. The van der Waals surface area contributed by atoms with E-state index in [1.165, 1.54) is 20.8 Å². The summed E-state index contributed by atoms with van der Waals surface area (Å²) in [5.41, 5.74) is -0.934. The summed E-state index contributed by atoms with van der Waals surface area (Å²) in [6.45, 7) is 5.15. The molecule has 0 aliphatic heterocycles. The predicted molar refractivity (Wildman–Crippen MR) is 60.8 cm³/mol. The maximum absolute atomic E-state index is 13.5. The lowest BCUT2D eigenvalue weighted by Gasteiger charge is -2.25. The molecule has 0 aliphatic rings. The summed E-state index contributed by atoms with van der Waals surface area (Å²) in [6, 6.07) is -2.43. The van der Waals surface area contributed by atoms with Crippen LogP contribution in [0.5, 0.6) is 0 Å². The van der Waals surface area contributed by atoms with Crippen molar-refractivity contribution < 1.29 is 32.6 Å². The van der Waals surface area contributed by atoms with Crippen LogP contribution >= 0.6 is 0 Å². The average Bonchev–Trinajstić information content (AvgIpc) is 2.21. The number of alkyl halides is 2. The van der Waals surface area contributed by atoms with Crippen LogP contribution in [0.15, 0.2) is 0 Å². The normalized spacial score (nSPS) is 13.4. The first-order valence-corrected chi connectivity index (χ1v) is 5.38. The highest BCUT2D eigenvalue weighted by Gasteiger charge is 2.51. The Morgan fingerprint density at radius 2 is 1.63 bits per heavy atom. The van der Waals surface area contributed by atoms with Crippen LogP contribution in [-0.4, -0.2) is 42.5 Å². The van der Waals surface area contributed by atoms with Gasteiger partial charge in [-0.1, -0.05) is 0 Å². The van der Waals surface area contributed by atoms with Crippen molar-refractivity contribution in [2.75, 3.05) is 7.11 Å². The van der Waals surface area contributed by atoms with Gasteiger partial charge in [-0.3, -0.25) is 4.79 Å². The molecule has 1 unspecified atom stereocenters. The van der Waals surface area contributed by atoms with Crippen molar-refractivity contribution in [3.8, 4) is 0 Å². The van der Waals surface area contributed by atoms with Crippen molar-refractivity contribution in [2.45, 2.75) is 45.3 Å². The molecule has 0 radical (unpaired) electrons. The van der Waals surface area contributed by atoms with E-state index in [2.05, 4.69) is 4.74 Å². The Kier molecular flexibility index (Phi) is 5.40. The molecule has 0 bridgehead atoms. The number of rotatable bonds is 4. The van der Waals surface area contributed by atoms with Gasteiger partial charge in [0.05, 0.1) is 7.11 Å². The topological polar surface area (TPSA) is 81.7 Å². The first-order chi connectivity index (χ1) is 8.41. The van der Waals surface area contributed by atoms with E-state index in [1.807, 2.05) is 0 Å². The Balaban J connectivity index is 5.06. The van der Waals surface area contributed by atoms with E-state index < -0.39 is 35.4 Å². The van der Waals surface area contributed by atoms with Crippen LogP contribution in [0.3, 0.4) is 0 Å². The first kappa shape index (κ1) is 17.3. The molecule has 0 saturated heterocycles. The lowest BCUT2D eigenvalue weighted by molar-refractivity contribution is -0.162. The van der Waals surface area contributed by atoms with Gasteiger partial charge in [0.1, 0.15) is 5.60 Å². The second-order valence-corrected chi connectivity index (χ2v) is 4.78. The Morgan fingerprint density at radius 3 is 1.95 bits per heavy atom. The number of esters is 1. The van der Waals surface area contributed by atoms with Crippen LogP contribution in [0.4, 0.5) is 13.6 Å². The first-order valence-electron chi connectivity index (χ1n) is 5.38. The summed E-state index contributed by atoms with van der Waals surface area (Å²) in [5.74, 6) is -7.09. The second kappa shape index (κ2) is 5.94. The SMILES string of the molecule is COC(=O)C(NC(=O)OC(C)(C)C)C(F)(F)C(C)=O. The van der Waals surface area contributed by atoms with E-state index in [1.54, 1.807) is 5.32 Å². The number of hydrogen-bond donors (Lipinski definition) is 1. The number of hydrogen-bond acceptors (Lipinski definition) is 5. The van der Waals surface area contributed by atoms with E-state index in [0.717, 1.165) is 7.11 Å². The minimum atomic E-state index is -4.08. The molecule has 0 aromatic carbocycles. The van der Waals surface area contributed by atoms with Crippen molar-refractivity contribution in [1.82, 2.24) is 5.32 Å². The smallest absolute Gasteiger partial charge is 0.408 e. The maximum atomic E-state index is 13.5. The van der Waals surface area contributed by atoms with Gasteiger partial charge >= 0.3 is 18.0 Å². The number of amides is 1. The van der Waals surface area contributed by atoms with Crippen LogP contribution in [0.2, 0.25) is 0 Å². The number of carbonyl (C=O) groups excluding carboxylic acids is 3. The van der Waals surface area contributed by atoms with Crippen molar-refractivity contribution in [1.29, 1.82) is 0 Å². The molecule has 0 aliphatic carbocycles. The zero-order chi connectivity index (χ0) is 15.4. The predicted octanol–water partition coefficient (Wildman–Crippen LogP) is 1.28. The van der Waals surface area contributed by atoms with Crippen LogP contribution in [0.25, 0.3) is 0 Å². The third-order valence-electron chi connectivity index (χ3n) is 1.93. The molecular formula is C11H17F2NO5. The summed E-state index contributed by atoms with van der Waals surface area (Å²) < 4.78 is 35.9. The maximum Gasteiger partial charge on any atom is 0.408 e. The molecule has 1 atom stereocenters. The molecule has 19 heavy (non-hydrogen) atoms. The summed E-state index contributed by atoms with van der Waals surface area (Å²) in [7, 11) is 0.863. The van der Waals surface area contributed by atoms with E-state index in [9.17, 15) is 23.2 Å². The number of nitrogens with one attached hydrogen (secondary N) is 1. The highest BCUT2D eigenvalue weighted by molar-refractivity contribution is 5.93. The number of ether oxygens (including phenoxy) is 2. The molecule has 6 nitrogen and oxygen atoms in total. The van der Waals surface area contributed by atoms with E-state index >= 15 is 0 Å². The fourth-order valence-electron chi connectivity index (χ4n) is 1.04. The summed E-state index contributed by atoms with van der Waals surface area (Å²) >= 11 is 0. The van der Waals surface area contributed by atoms with Gasteiger partial charge in [0.15, 0.2) is 0 Å². The quantitative estimate of drug-likeness (QED) is 0.785. The lowest BCUT2D eigenvalue weighted by atomic mass is 10.1. The molecule has 1 N–H and O–H groups in total. The molecule has 1 amide bonds. The summed E-state index contributed by atoms with van der Waals surface area (Å²) in [5, 5.41) is 1.64. The van der Waals surface area contributed by atoms with Gasteiger partial charge < -0.3 is 14.8 Å². The van der Waals surface area contributed by atoms with Gasteiger partial charge in [-0.25, -0.2) is 9.59 Å². The molecule has 0 spiro atoms. The third kappa shape index (κ3) is 5.19. The molecular weight excluding hydrogens is 264 g/mol. The molecule has 0 rings (SSSR count). The number of Topliss-reactive ketones (excluding diaryl/α,β-unsaturated/α-hetero) is 1. The number of halogens is 2. The largest absolute Gasteiger partial charge is 0.467 e. The molecule has 8 heteroatoms. The molecule has 0 aromatic rings. The monoisotopic (exact) mass is 281 g/mol. The van der Waals surface area contributed by atoms with Crippen LogP contribution in [-0.2, 0) is 19.1 Å². The van der Waals surface area contributed by atoms with E-state index in [0.29, 0.717) is 6.92 Å². The minimum Gasteiger partial charge on any atom is -0.467 e. The van der Waals surface area contributed by atoms with Crippen molar-refractivity contribution >= 4 is 17.8 Å². The molecule has 0 saturated carbocycles. The van der Waals surface area contributed by atoms with Crippen LogP contribution in [0.1, 0.15) is 27.7 Å². The Morgan fingerprint density at radius 1 is 1.16 bits per heavy atom. The van der Waals surface area contributed by atoms with Gasteiger partial charge in [-0.2, -0.15) is 8.78 Å². The standard InChI is InChI=1S/C11H17F2NO5/c1-6(15)11(12,13)7(8(16)18-5)14-9(17)19-10(2,3)4/h7H,1-5H3,(H,14,17). The van der Waals surface area contributed by atoms with Gasteiger partial charge in [-0.05, 0) is 20.8 Å². The van der Waals surface area contributed by atoms with Gasteiger partial charge in [0.2, 0.25) is 11.8 Å². The average molecular weight is 281 g/mol.